The van der Waals surface area contributed by atoms with E-state index in [1.54, 1.807) is 0 Å². The molecule has 0 spiro atoms. The summed E-state index contributed by atoms with van der Waals surface area (Å²) in [7, 11) is 0. The Labute approximate surface area is 133 Å². The summed E-state index contributed by atoms with van der Waals surface area (Å²) in [6.45, 7) is 4.74. The zero-order valence-corrected chi connectivity index (χ0v) is 13.4. The lowest BCUT2D eigenvalue weighted by Gasteiger charge is -2.39. The quantitative estimate of drug-likeness (QED) is 0.930. The van der Waals surface area contributed by atoms with Crippen molar-refractivity contribution in [3.63, 3.8) is 0 Å². The molecule has 4 heteroatoms. The Morgan fingerprint density at radius 2 is 2.05 bits per heavy atom. The highest BCUT2D eigenvalue weighted by atomic mass is 35.5. The maximum Gasteiger partial charge on any atom is 0.0474 e. The van der Waals surface area contributed by atoms with Crippen LogP contribution in [-0.4, -0.2) is 36.1 Å². The van der Waals surface area contributed by atoms with E-state index in [1.165, 1.54) is 44.3 Å². The average Bonchev–Trinajstić information content (AvgIpc) is 3.11. The van der Waals surface area contributed by atoms with Crippen LogP contribution in [-0.2, 0) is 0 Å². The molecule has 3 fully saturated rings. The molecule has 21 heavy (non-hydrogen) atoms. The summed E-state index contributed by atoms with van der Waals surface area (Å²) in [5, 5.41) is 3.56. The lowest BCUT2D eigenvalue weighted by molar-refractivity contribution is 0.117. The standard InChI is InChI=1S/C17H25N3.ClH/c1-2-15-9-13(1)10-16(15)12-20-8-7-19-11-17(20)14-3-5-18-6-4-14;/h3-6,13,15-17,19H,1-2,7-12H2;1H. The number of pyridine rings is 1. The Balaban J connectivity index is 0.00000132. The average molecular weight is 308 g/mol. The molecular weight excluding hydrogens is 282 g/mol. The van der Waals surface area contributed by atoms with Crippen molar-refractivity contribution in [3.05, 3.63) is 30.1 Å². The van der Waals surface area contributed by atoms with E-state index in [0.717, 1.165) is 30.8 Å². The number of hydrogen-bond donors (Lipinski definition) is 1. The minimum absolute atomic E-state index is 0. The first-order chi connectivity index (χ1) is 9.90. The number of fused-ring (bicyclic) bond motifs is 2. The highest BCUT2D eigenvalue weighted by Gasteiger charge is 2.40. The van der Waals surface area contributed by atoms with E-state index in [2.05, 4.69) is 27.3 Å². The van der Waals surface area contributed by atoms with Gasteiger partial charge < -0.3 is 5.32 Å². The lowest BCUT2D eigenvalue weighted by Crippen LogP contribution is -2.48. The predicted octanol–water partition coefficient (Wildman–Crippen LogP) is 2.89. The summed E-state index contributed by atoms with van der Waals surface area (Å²) in [5.41, 5.74) is 1.43. The van der Waals surface area contributed by atoms with Crippen molar-refractivity contribution >= 4 is 12.4 Å². The first kappa shape index (κ1) is 15.3. The van der Waals surface area contributed by atoms with Crippen LogP contribution in [0.5, 0.6) is 0 Å². The van der Waals surface area contributed by atoms with Gasteiger partial charge in [0.15, 0.2) is 0 Å². The minimum Gasteiger partial charge on any atom is -0.314 e. The van der Waals surface area contributed by atoms with E-state index in [4.69, 9.17) is 0 Å². The number of aromatic nitrogens is 1. The molecule has 3 aliphatic rings. The second-order valence-electron chi connectivity index (χ2n) is 6.93. The van der Waals surface area contributed by atoms with Crippen LogP contribution in [0.4, 0.5) is 0 Å². The summed E-state index contributed by atoms with van der Waals surface area (Å²) < 4.78 is 0. The predicted molar refractivity (Wildman–Crippen MR) is 87.6 cm³/mol. The fourth-order valence-electron chi connectivity index (χ4n) is 4.78. The first-order valence-electron chi connectivity index (χ1n) is 8.25. The van der Waals surface area contributed by atoms with Crippen LogP contribution in [0.1, 0.15) is 37.3 Å². The monoisotopic (exact) mass is 307 g/mol. The molecule has 1 aromatic heterocycles. The Bertz CT molecular complexity index is 453. The molecule has 2 heterocycles. The molecule has 0 amide bonds. The number of nitrogens with one attached hydrogen (secondary N) is 1. The number of rotatable bonds is 3. The Morgan fingerprint density at radius 1 is 1.19 bits per heavy atom. The third-order valence-electron chi connectivity index (χ3n) is 5.80. The summed E-state index contributed by atoms with van der Waals surface area (Å²) >= 11 is 0. The third kappa shape index (κ3) is 3.10. The fourth-order valence-corrected chi connectivity index (χ4v) is 4.78. The van der Waals surface area contributed by atoms with Crippen molar-refractivity contribution in [2.45, 2.75) is 31.7 Å². The molecule has 2 aliphatic carbocycles. The molecule has 116 valence electrons. The number of hydrogen-bond acceptors (Lipinski definition) is 3. The van der Waals surface area contributed by atoms with Gasteiger partial charge in [0.1, 0.15) is 0 Å². The van der Waals surface area contributed by atoms with Crippen LogP contribution >= 0.6 is 12.4 Å². The van der Waals surface area contributed by atoms with E-state index in [-0.39, 0.29) is 12.4 Å². The third-order valence-corrected chi connectivity index (χ3v) is 5.80. The number of nitrogens with zero attached hydrogens (tertiary/aromatic N) is 2. The van der Waals surface area contributed by atoms with Gasteiger partial charge in [-0.25, -0.2) is 0 Å². The van der Waals surface area contributed by atoms with Crippen LogP contribution in [0.25, 0.3) is 0 Å². The maximum atomic E-state index is 4.16. The molecule has 4 atom stereocenters. The van der Waals surface area contributed by atoms with Crippen LogP contribution in [0.15, 0.2) is 24.5 Å². The molecule has 2 saturated carbocycles. The first-order valence-corrected chi connectivity index (χ1v) is 8.25. The Kier molecular flexibility index (Phi) is 4.82. The zero-order chi connectivity index (χ0) is 13.4. The molecule has 0 aromatic carbocycles. The van der Waals surface area contributed by atoms with Gasteiger partial charge in [-0.1, -0.05) is 6.42 Å². The number of halogens is 1. The normalized spacial score (nSPS) is 35.6. The molecule has 1 aliphatic heterocycles. The Hall–Kier alpha value is -0.640. The van der Waals surface area contributed by atoms with Gasteiger partial charge in [-0.3, -0.25) is 9.88 Å². The van der Waals surface area contributed by atoms with Gasteiger partial charge in [-0.2, -0.15) is 0 Å². The molecule has 4 unspecified atom stereocenters. The van der Waals surface area contributed by atoms with Gasteiger partial charge in [0.25, 0.3) is 0 Å². The van der Waals surface area contributed by atoms with Crippen molar-refractivity contribution in [3.8, 4) is 0 Å². The van der Waals surface area contributed by atoms with E-state index < -0.39 is 0 Å². The summed E-state index contributed by atoms with van der Waals surface area (Å²) in [6, 6.07) is 4.92. The molecule has 1 saturated heterocycles. The molecule has 2 bridgehead atoms. The second kappa shape index (κ2) is 6.64. The molecular formula is C17H26ClN3. The van der Waals surface area contributed by atoms with Crippen LogP contribution < -0.4 is 5.32 Å². The van der Waals surface area contributed by atoms with Crippen molar-refractivity contribution in [1.82, 2.24) is 15.2 Å². The Morgan fingerprint density at radius 3 is 2.76 bits per heavy atom. The molecule has 1 N–H and O–H groups in total. The highest BCUT2D eigenvalue weighted by Crippen LogP contribution is 2.48. The van der Waals surface area contributed by atoms with Gasteiger partial charge in [-0.15, -0.1) is 12.4 Å². The van der Waals surface area contributed by atoms with Gasteiger partial charge in [0, 0.05) is 44.6 Å². The molecule has 1 aromatic rings. The highest BCUT2D eigenvalue weighted by molar-refractivity contribution is 5.85. The van der Waals surface area contributed by atoms with Crippen LogP contribution in [0, 0.1) is 17.8 Å². The van der Waals surface area contributed by atoms with Crippen LogP contribution in [0.3, 0.4) is 0 Å². The van der Waals surface area contributed by atoms with Crippen molar-refractivity contribution in [1.29, 1.82) is 0 Å². The van der Waals surface area contributed by atoms with E-state index >= 15 is 0 Å². The van der Waals surface area contributed by atoms with E-state index in [9.17, 15) is 0 Å². The fraction of sp³-hybridized carbons (Fsp3) is 0.706. The molecule has 0 radical (unpaired) electrons. The van der Waals surface area contributed by atoms with Crippen molar-refractivity contribution in [2.24, 2.45) is 17.8 Å². The van der Waals surface area contributed by atoms with E-state index in [1.807, 2.05) is 12.4 Å². The van der Waals surface area contributed by atoms with Gasteiger partial charge in [-0.05, 0) is 54.7 Å². The summed E-state index contributed by atoms with van der Waals surface area (Å²) in [5.74, 6) is 3.07. The summed E-state index contributed by atoms with van der Waals surface area (Å²) in [4.78, 5) is 6.89. The zero-order valence-electron chi connectivity index (χ0n) is 12.6. The molecule has 3 nitrogen and oxygen atoms in total. The number of piperazine rings is 1. The molecule has 4 rings (SSSR count). The van der Waals surface area contributed by atoms with Gasteiger partial charge >= 0.3 is 0 Å². The SMILES string of the molecule is Cl.c1cc(C2CNCCN2CC2CC3CCC2C3)ccn1. The lowest BCUT2D eigenvalue weighted by atomic mass is 9.87. The van der Waals surface area contributed by atoms with E-state index in [0.29, 0.717) is 6.04 Å². The largest absolute Gasteiger partial charge is 0.314 e. The van der Waals surface area contributed by atoms with Crippen molar-refractivity contribution in [2.75, 3.05) is 26.2 Å². The second-order valence-corrected chi connectivity index (χ2v) is 6.93. The minimum atomic E-state index is 0. The van der Waals surface area contributed by atoms with Gasteiger partial charge in [0.2, 0.25) is 0 Å². The summed E-state index contributed by atoms with van der Waals surface area (Å²) in [6.07, 6.45) is 9.89. The van der Waals surface area contributed by atoms with Gasteiger partial charge in [0.05, 0.1) is 0 Å². The topological polar surface area (TPSA) is 28.2 Å². The maximum absolute atomic E-state index is 4.16. The van der Waals surface area contributed by atoms with Crippen LogP contribution in [0.2, 0.25) is 0 Å². The smallest absolute Gasteiger partial charge is 0.0474 e. The van der Waals surface area contributed by atoms with Crippen molar-refractivity contribution < 1.29 is 0 Å².